The minimum Gasteiger partial charge on any atom is -0.489 e. The molecule has 1 aliphatic heterocycles. The molecular weight excluding hydrogens is 406 g/mol. The van der Waals surface area contributed by atoms with Gasteiger partial charge < -0.3 is 15.4 Å². The summed E-state index contributed by atoms with van der Waals surface area (Å²) >= 11 is 0. The van der Waals surface area contributed by atoms with Gasteiger partial charge in [-0.2, -0.15) is 5.10 Å². The molecule has 1 aromatic carbocycles. The topological polar surface area (TPSA) is 103 Å². The van der Waals surface area contributed by atoms with Gasteiger partial charge >= 0.3 is 0 Å². The molecule has 0 saturated carbocycles. The zero-order valence-corrected chi connectivity index (χ0v) is 18.3. The Morgan fingerprint density at radius 2 is 1.91 bits per heavy atom. The highest BCUT2D eigenvalue weighted by Crippen LogP contribution is 2.28. The summed E-state index contributed by atoms with van der Waals surface area (Å²) in [4.78, 5) is 30.8. The molecule has 2 N–H and O–H groups in total. The molecule has 3 aromatic rings. The van der Waals surface area contributed by atoms with Crippen LogP contribution in [0.5, 0.6) is 5.75 Å². The summed E-state index contributed by atoms with van der Waals surface area (Å²) < 4.78 is 7.83. The molecule has 2 aromatic heterocycles. The Balaban J connectivity index is 1.37. The van der Waals surface area contributed by atoms with Crippen molar-refractivity contribution >= 4 is 11.8 Å². The summed E-state index contributed by atoms with van der Waals surface area (Å²) in [6.07, 6.45) is 6.98. The molecule has 4 rings (SSSR count). The molecule has 0 bridgehead atoms. The van der Waals surface area contributed by atoms with Crippen molar-refractivity contribution in [3.05, 3.63) is 65.7 Å². The number of carbonyl (C=O) groups is 2. The van der Waals surface area contributed by atoms with Crippen LogP contribution in [-0.4, -0.2) is 50.7 Å². The first-order chi connectivity index (χ1) is 15.4. The lowest BCUT2D eigenvalue weighted by Gasteiger charge is -2.32. The molecule has 1 aliphatic rings. The van der Waals surface area contributed by atoms with Crippen LogP contribution in [0.25, 0.3) is 11.1 Å². The van der Waals surface area contributed by atoms with E-state index in [4.69, 9.17) is 10.5 Å². The maximum absolute atomic E-state index is 12.6. The van der Waals surface area contributed by atoms with E-state index >= 15 is 0 Å². The summed E-state index contributed by atoms with van der Waals surface area (Å²) in [6, 6.07) is 9.27. The van der Waals surface area contributed by atoms with Crippen molar-refractivity contribution in [1.29, 1.82) is 0 Å². The second-order valence-electron chi connectivity index (χ2n) is 8.18. The smallest absolute Gasteiger partial charge is 0.252 e. The van der Waals surface area contributed by atoms with E-state index in [1.807, 2.05) is 43.3 Å². The number of hydrogen-bond donors (Lipinski definition) is 1. The number of hydrogen-bond acceptors (Lipinski definition) is 5. The highest BCUT2D eigenvalue weighted by atomic mass is 16.5. The number of benzene rings is 1. The Morgan fingerprint density at radius 1 is 1.12 bits per heavy atom. The van der Waals surface area contributed by atoms with E-state index in [0.717, 1.165) is 22.4 Å². The maximum Gasteiger partial charge on any atom is 0.252 e. The third-order valence-electron chi connectivity index (χ3n) is 5.68. The first kappa shape index (κ1) is 21.5. The third-order valence-corrected chi connectivity index (χ3v) is 5.68. The number of nitrogens with zero attached hydrogens (tertiary/aromatic N) is 4. The number of piperidine rings is 1. The molecule has 8 heteroatoms. The lowest BCUT2D eigenvalue weighted by Crippen LogP contribution is -2.42. The molecule has 1 fully saturated rings. The van der Waals surface area contributed by atoms with Crippen LogP contribution < -0.4 is 10.5 Å². The van der Waals surface area contributed by atoms with Gasteiger partial charge in [0.15, 0.2) is 0 Å². The van der Waals surface area contributed by atoms with Crippen molar-refractivity contribution in [3.63, 3.8) is 0 Å². The number of primary amides is 1. The van der Waals surface area contributed by atoms with Gasteiger partial charge in [0, 0.05) is 56.6 Å². The van der Waals surface area contributed by atoms with E-state index in [1.54, 1.807) is 29.2 Å². The molecule has 0 spiro atoms. The fourth-order valence-electron chi connectivity index (χ4n) is 3.85. The van der Waals surface area contributed by atoms with Crippen LogP contribution >= 0.6 is 0 Å². The van der Waals surface area contributed by atoms with Crippen molar-refractivity contribution in [1.82, 2.24) is 19.7 Å². The monoisotopic (exact) mass is 433 g/mol. The molecule has 1 saturated heterocycles. The van der Waals surface area contributed by atoms with Gasteiger partial charge in [-0.15, -0.1) is 0 Å². The van der Waals surface area contributed by atoms with E-state index in [1.165, 1.54) is 0 Å². The van der Waals surface area contributed by atoms with E-state index < -0.39 is 5.91 Å². The minimum absolute atomic E-state index is 0.0680. The maximum atomic E-state index is 12.6. The van der Waals surface area contributed by atoms with Crippen molar-refractivity contribution in [2.45, 2.75) is 32.3 Å². The quantitative estimate of drug-likeness (QED) is 0.643. The van der Waals surface area contributed by atoms with Crippen molar-refractivity contribution in [3.8, 4) is 16.9 Å². The van der Waals surface area contributed by atoms with Crippen LogP contribution in [0, 0.1) is 6.92 Å². The zero-order valence-electron chi connectivity index (χ0n) is 18.3. The lowest BCUT2D eigenvalue weighted by atomic mass is 10.0. The predicted molar refractivity (Wildman–Crippen MR) is 120 cm³/mol. The number of pyridine rings is 1. The Bertz CT molecular complexity index is 1110. The second-order valence-corrected chi connectivity index (χ2v) is 8.18. The van der Waals surface area contributed by atoms with Crippen LogP contribution in [-0.2, 0) is 18.3 Å². The van der Waals surface area contributed by atoms with Gasteiger partial charge in [-0.25, -0.2) is 0 Å². The fraction of sp³-hybridized carbons (Fsp3) is 0.333. The van der Waals surface area contributed by atoms with Crippen LogP contribution in [0.15, 0.2) is 48.9 Å². The van der Waals surface area contributed by atoms with Gasteiger partial charge in [0.25, 0.3) is 5.91 Å². The van der Waals surface area contributed by atoms with Gasteiger partial charge in [-0.1, -0.05) is 12.1 Å². The Labute approximate surface area is 187 Å². The van der Waals surface area contributed by atoms with Crippen molar-refractivity contribution in [2.24, 2.45) is 12.8 Å². The van der Waals surface area contributed by atoms with E-state index in [0.29, 0.717) is 43.7 Å². The first-order valence-electron chi connectivity index (χ1n) is 10.7. The molecule has 0 unspecified atom stereocenters. The number of carbonyl (C=O) groups excluding carboxylic acids is 2. The number of aryl methyl sites for hydroxylation is 2. The van der Waals surface area contributed by atoms with Gasteiger partial charge in [-0.05, 0) is 36.2 Å². The zero-order chi connectivity index (χ0) is 22.7. The van der Waals surface area contributed by atoms with Crippen LogP contribution in [0.3, 0.4) is 0 Å². The lowest BCUT2D eigenvalue weighted by molar-refractivity contribution is -0.132. The summed E-state index contributed by atoms with van der Waals surface area (Å²) in [6.45, 7) is 3.18. The number of ether oxygens (including phenoxy) is 1. The summed E-state index contributed by atoms with van der Waals surface area (Å²) in [5.74, 6) is 0.00109. The molecule has 166 valence electrons. The number of rotatable bonds is 6. The van der Waals surface area contributed by atoms with E-state index in [2.05, 4.69) is 10.1 Å². The van der Waals surface area contributed by atoms with Gasteiger partial charge in [0.05, 0.1) is 18.2 Å². The van der Waals surface area contributed by atoms with Crippen molar-refractivity contribution in [2.75, 3.05) is 13.1 Å². The Hall–Kier alpha value is -3.68. The molecular formula is C24H27N5O3. The number of aromatic nitrogens is 3. The molecule has 0 aliphatic carbocycles. The average molecular weight is 434 g/mol. The predicted octanol–water partition coefficient (Wildman–Crippen LogP) is 2.50. The molecule has 0 radical (unpaired) electrons. The molecule has 2 amide bonds. The fourth-order valence-corrected chi connectivity index (χ4v) is 3.85. The molecule has 3 heterocycles. The van der Waals surface area contributed by atoms with Gasteiger partial charge in [0.2, 0.25) is 5.91 Å². The molecule has 0 atom stereocenters. The number of likely N-dealkylation sites (tertiary alicyclic amines) is 1. The largest absolute Gasteiger partial charge is 0.489 e. The van der Waals surface area contributed by atoms with E-state index in [9.17, 15) is 9.59 Å². The summed E-state index contributed by atoms with van der Waals surface area (Å²) in [5.41, 5.74) is 9.56. The Morgan fingerprint density at radius 3 is 2.53 bits per heavy atom. The number of nitrogens with two attached hydrogens (primary N) is 1. The van der Waals surface area contributed by atoms with E-state index in [-0.39, 0.29) is 12.0 Å². The standard InChI is InChI=1S/C24H27N5O3/c1-16-3-5-19(26-13-16)12-23(30)29-9-7-20(8-10-29)32-22-6-4-17(11-21(22)24(25)31)18-14-27-28(2)15-18/h3-6,11,13-15,20H,7-10,12H2,1-2H3,(H2,25,31). The Kier molecular flexibility index (Phi) is 6.20. The molecule has 8 nitrogen and oxygen atoms in total. The highest BCUT2D eigenvalue weighted by Gasteiger charge is 2.25. The minimum atomic E-state index is -0.538. The van der Waals surface area contributed by atoms with Crippen LogP contribution in [0.2, 0.25) is 0 Å². The summed E-state index contributed by atoms with van der Waals surface area (Å²) in [7, 11) is 1.84. The first-order valence-corrected chi connectivity index (χ1v) is 10.7. The average Bonchev–Trinajstić information content (AvgIpc) is 3.22. The number of amides is 2. The van der Waals surface area contributed by atoms with Crippen LogP contribution in [0.4, 0.5) is 0 Å². The highest BCUT2D eigenvalue weighted by molar-refractivity contribution is 5.97. The third kappa shape index (κ3) is 4.96. The summed E-state index contributed by atoms with van der Waals surface area (Å²) in [5, 5.41) is 4.17. The van der Waals surface area contributed by atoms with Crippen molar-refractivity contribution < 1.29 is 14.3 Å². The SMILES string of the molecule is Cc1ccc(CC(=O)N2CCC(Oc3ccc(-c4cnn(C)c4)cc3C(N)=O)CC2)nc1. The normalized spacial score (nSPS) is 14.4. The van der Waals surface area contributed by atoms with Gasteiger partial charge in [0.1, 0.15) is 11.9 Å². The molecule has 32 heavy (non-hydrogen) atoms. The van der Waals surface area contributed by atoms with Gasteiger partial charge in [-0.3, -0.25) is 19.3 Å². The van der Waals surface area contributed by atoms with Crippen LogP contribution in [0.1, 0.15) is 34.5 Å². The second kappa shape index (κ2) is 9.21.